The quantitative estimate of drug-likeness (QED) is 0.863. The first-order valence-electron chi connectivity index (χ1n) is 6.37. The minimum atomic E-state index is -0.426. The fourth-order valence-corrected chi connectivity index (χ4v) is 2.14. The summed E-state index contributed by atoms with van der Waals surface area (Å²) in [7, 11) is 0. The highest BCUT2D eigenvalue weighted by Gasteiger charge is 2.10. The summed E-state index contributed by atoms with van der Waals surface area (Å²) in [6.07, 6.45) is 0.250. The Morgan fingerprint density at radius 2 is 1.61 bits per heavy atom. The second-order valence-corrected chi connectivity index (χ2v) is 4.99. The maximum atomic E-state index is 10.3. The normalized spacial score (nSPS) is 12.4. The molecule has 0 radical (unpaired) electrons. The van der Waals surface area contributed by atoms with E-state index in [9.17, 15) is 5.11 Å². The Morgan fingerprint density at radius 3 is 2.28 bits per heavy atom. The molecule has 1 atom stereocenters. The Balaban J connectivity index is 2.19. The lowest BCUT2D eigenvalue weighted by Gasteiger charge is -2.14. The Bertz CT molecular complexity index is 543. The molecule has 0 heterocycles. The van der Waals surface area contributed by atoms with E-state index in [4.69, 9.17) is 0 Å². The van der Waals surface area contributed by atoms with E-state index in [1.807, 2.05) is 18.2 Å². The summed E-state index contributed by atoms with van der Waals surface area (Å²) in [6, 6.07) is 14.4. The number of benzene rings is 2. The number of hydrogen-bond acceptors (Lipinski definition) is 1. The Kier molecular flexibility index (Phi) is 3.83. The van der Waals surface area contributed by atoms with Crippen LogP contribution in [0.15, 0.2) is 42.5 Å². The fraction of sp³-hybridized carbons (Fsp3) is 0.294. The van der Waals surface area contributed by atoms with E-state index >= 15 is 0 Å². The average molecular weight is 240 g/mol. The third kappa shape index (κ3) is 2.80. The lowest BCUT2D eigenvalue weighted by molar-refractivity contribution is 0.178. The summed E-state index contributed by atoms with van der Waals surface area (Å²) in [6.45, 7) is 6.26. The van der Waals surface area contributed by atoms with Gasteiger partial charge in [0.1, 0.15) is 0 Å². The van der Waals surface area contributed by atoms with Gasteiger partial charge in [-0.05, 0) is 48.6 Å². The highest BCUT2D eigenvalue weighted by atomic mass is 16.3. The summed E-state index contributed by atoms with van der Waals surface area (Å²) in [5.74, 6) is 0. The van der Waals surface area contributed by atoms with E-state index < -0.39 is 6.10 Å². The van der Waals surface area contributed by atoms with Gasteiger partial charge in [-0.1, -0.05) is 42.5 Å². The van der Waals surface area contributed by atoms with Crippen LogP contribution in [0.4, 0.5) is 0 Å². The molecule has 18 heavy (non-hydrogen) atoms. The van der Waals surface area contributed by atoms with E-state index in [1.165, 1.54) is 22.3 Å². The number of aliphatic hydroxyl groups is 1. The average Bonchev–Trinajstić information content (AvgIpc) is 2.35. The summed E-state index contributed by atoms with van der Waals surface area (Å²) in [5.41, 5.74) is 5.95. The van der Waals surface area contributed by atoms with Crippen LogP contribution in [0.5, 0.6) is 0 Å². The molecule has 2 aromatic rings. The Morgan fingerprint density at radius 1 is 0.889 bits per heavy atom. The van der Waals surface area contributed by atoms with Crippen molar-refractivity contribution in [3.8, 4) is 0 Å². The van der Waals surface area contributed by atoms with Crippen LogP contribution >= 0.6 is 0 Å². The molecule has 2 aromatic carbocycles. The van der Waals surface area contributed by atoms with Gasteiger partial charge in [0.05, 0.1) is 6.10 Å². The molecule has 0 aliphatic rings. The second-order valence-electron chi connectivity index (χ2n) is 4.99. The van der Waals surface area contributed by atoms with Crippen molar-refractivity contribution in [2.45, 2.75) is 33.3 Å². The van der Waals surface area contributed by atoms with Crippen molar-refractivity contribution in [1.29, 1.82) is 0 Å². The van der Waals surface area contributed by atoms with Crippen molar-refractivity contribution in [3.05, 3.63) is 70.3 Å². The van der Waals surface area contributed by atoms with E-state index in [-0.39, 0.29) is 0 Å². The molecule has 0 fully saturated rings. The van der Waals surface area contributed by atoms with Crippen molar-refractivity contribution in [2.24, 2.45) is 0 Å². The number of aliphatic hydroxyl groups excluding tert-OH is 1. The van der Waals surface area contributed by atoms with Gasteiger partial charge in [-0.25, -0.2) is 0 Å². The largest absolute Gasteiger partial charge is 0.388 e. The van der Waals surface area contributed by atoms with Crippen LogP contribution in [0, 0.1) is 20.8 Å². The van der Waals surface area contributed by atoms with Crippen molar-refractivity contribution in [2.75, 3.05) is 0 Å². The Labute approximate surface area is 109 Å². The SMILES string of the molecule is Cc1ccc(C(O)Cc2ccccc2C)cc1C. The molecule has 0 saturated heterocycles. The third-order valence-corrected chi connectivity index (χ3v) is 3.59. The topological polar surface area (TPSA) is 20.2 Å². The van der Waals surface area contributed by atoms with E-state index in [0.29, 0.717) is 6.42 Å². The zero-order chi connectivity index (χ0) is 13.1. The molecule has 0 aromatic heterocycles. The molecule has 1 unspecified atom stereocenters. The molecular weight excluding hydrogens is 220 g/mol. The Hall–Kier alpha value is -1.60. The van der Waals surface area contributed by atoms with Crippen molar-refractivity contribution < 1.29 is 5.11 Å². The molecule has 0 aliphatic heterocycles. The van der Waals surface area contributed by atoms with Gasteiger partial charge in [-0.15, -0.1) is 0 Å². The minimum Gasteiger partial charge on any atom is -0.388 e. The molecule has 1 nitrogen and oxygen atoms in total. The molecule has 0 bridgehead atoms. The van der Waals surface area contributed by atoms with Crippen LogP contribution in [0.3, 0.4) is 0 Å². The van der Waals surface area contributed by atoms with E-state index in [0.717, 1.165) is 5.56 Å². The van der Waals surface area contributed by atoms with Gasteiger partial charge in [0.15, 0.2) is 0 Å². The van der Waals surface area contributed by atoms with Crippen molar-refractivity contribution in [3.63, 3.8) is 0 Å². The first-order valence-corrected chi connectivity index (χ1v) is 6.37. The van der Waals surface area contributed by atoms with Gasteiger partial charge in [0.2, 0.25) is 0 Å². The molecule has 0 saturated carbocycles. The first-order chi connectivity index (χ1) is 8.58. The monoisotopic (exact) mass is 240 g/mol. The number of rotatable bonds is 3. The van der Waals surface area contributed by atoms with Crippen molar-refractivity contribution >= 4 is 0 Å². The lowest BCUT2D eigenvalue weighted by atomic mass is 9.96. The van der Waals surface area contributed by atoms with Gasteiger partial charge in [-0.3, -0.25) is 0 Å². The van der Waals surface area contributed by atoms with Gasteiger partial charge < -0.3 is 5.11 Å². The van der Waals surface area contributed by atoms with Crippen LogP contribution in [0.25, 0.3) is 0 Å². The first kappa shape index (κ1) is 12.8. The summed E-state index contributed by atoms with van der Waals surface area (Å²) >= 11 is 0. The molecule has 0 amide bonds. The second kappa shape index (κ2) is 5.36. The van der Waals surface area contributed by atoms with Crippen molar-refractivity contribution in [1.82, 2.24) is 0 Å². The van der Waals surface area contributed by atoms with Crippen LogP contribution in [-0.2, 0) is 6.42 Å². The maximum Gasteiger partial charge on any atom is 0.0830 e. The van der Waals surface area contributed by atoms with Crippen LogP contribution < -0.4 is 0 Å². The van der Waals surface area contributed by atoms with Crippen LogP contribution in [0.1, 0.15) is 33.9 Å². The van der Waals surface area contributed by atoms with Crippen LogP contribution in [0.2, 0.25) is 0 Å². The maximum absolute atomic E-state index is 10.3. The number of hydrogen-bond donors (Lipinski definition) is 1. The highest BCUT2D eigenvalue weighted by Crippen LogP contribution is 2.22. The zero-order valence-electron chi connectivity index (χ0n) is 11.3. The van der Waals surface area contributed by atoms with E-state index in [2.05, 4.69) is 45.0 Å². The van der Waals surface area contributed by atoms with Gasteiger partial charge >= 0.3 is 0 Å². The van der Waals surface area contributed by atoms with E-state index in [1.54, 1.807) is 0 Å². The smallest absolute Gasteiger partial charge is 0.0830 e. The molecule has 1 heteroatoms. The van der Waals surface area contributed by atoms with Gasteiger partial charge in [0, 0.05) is 6.42 Å². The fourth-order valence-electron chi connectivity index (χ4n) is 2.14. The molecular formula is C17H20O. The van der Waals surface area contributed by atoms with Crippen LogP contribution in [-0.4, -0.2) is 5.11 Å². The predicted octanol–water partition coefficient (Wildman–Crippen LogP) is 3.89. The predicted molar refractivity (Wildman–Crippen MR) is 75.8 cm³/mol. The third-order valence-electron chi connectivity index (χ3n) is 3.59. The highest BCUT2D eigenvalue weighted by molar-refractivity contribution is 5.33. The minimum absolute atomic E-state index is 0.426. The summed E-state index contributed by atoms with van der Waals surface area (Å²) in [5, 5.41) is 10.3. The molecule has 0 spiro atoms. The number of aryl methyl sites for hydroxylation is 3. The lowest BCUT2D eigenvalue weighted by Crippen LogP contribution is -2.03. The van der Waals surface area contributed by atoms with Gasteiger partial charge in [-0.2, -0.15) is 0 Å². The molecule has 2 rings (SSSR count). The molecule has 0 aliphatic carbocycles. The zero-order valence-corrected chi connectivity index (χ0v) is 11.3. The summed E-state index contributed by atoms with van der Waals surface area (Å²) < 4.78 is 0. The standard InChI is InChI=1S/C17H20O/c1-12-8-9-16(10-14(12)3)17(18)11-15-7-5-4-6-13(15)2/h4-10,17-18H,11H2,1-3H3. The molecule has 1 N–H and O–H groups in total. The summed E-state index contributed by atoms with van der Waals surface area (Å²) in [4.78, 5) is 0. The molecule has 94 valence electrons. The van der Waals surface area contributed by atoms with Gasteiger partial charge in [0.25, 0.3) is 0 Å².